The quantitative estimate of drug-likeness (QED) is 0.699. The molecule has 1 fully saturated rings. The Labute approximate surface area is 176 Å². The standard InChI is InChI=1S/C21H19FN2O5S/c1-12(20(26)27)29-16-9-4-13(10-17(16)28-3)11-18-19(25)24(2)21(30-18)23-15-7-5-14(22)6-8-15/h4-12H,1-3H3,(H,26,27)/b18-11-,23-21?. The molecular formula is C21H19FN2O5S. The average molecular weight is 430 g/mol. The van der Waals surface area contributed by atoms with Gasteiger partial charge in [-0.1, -0.05) is 6.07 Å². The van der Waals surface area contributed by atoms with Gasteiger partial charge in [-0.2, -0.15) is 0 Å². The molecule has 0 bridgehead atoms. The lowest BCUT2D eigenvalue weighted by molar-refractivity contribution is -0.144. The van der Waals surface area contributed by atoms with Crippen molar-refractivity contribution in [2.24, 2.45) is 4.99 Å². The first-order chi connectivity index (χ1) is 14.3. The molecule has 9 heteroatoms. The van der Waals surface area contributed by atoms with E-state index in [4.69, 9.17) is 14.6 Å². The largest absolute Gasteiger partial charge is 0.493 e. The summed E-state index contributed by atoms with van der Waals surface area (Å²) in [6.07, 6.45) is 0.651. The molecule has 1 unspecified atom stereocenters. The van der Waals surface area contributed by atoms with Crippen LogP contribution >= 0.6 is 11.8 Å². The molecule has 0 aliphatic carbocycles. The van der Waals surface area contributed by atoms with Gasteiger partial charge in [0.25, 0.3) is 5.91 Å². The zero-order valence-corrected chi connectivity index (χ0v) is 17.3. The highest BCUT2D eigenvalue weighted by Gasteiger charge is 2.30. The fourth-order valence-corrected chi connectivity index (χ4v) is 3.53. The molecule has 0 aromatic heterocycles. The van der Waals surface area contributed by atoms with Crippen LogP contribution in [0.5, 0.6) is 11.5 Å². The van der Waals surface area contributed by atoms with Crippen LogP contribution in [0.3, 0.4) is 0 Å². The van der Waals surface area contributed by atoms with Crippen LogP contribution in [0.1, 0.15) is 12.5 Å². The molecule has 1 heterocycles. The van der Waals surface area contributed by atoms with Crippen LogP contribution in [-0.4, -0.2) is 47.3 Å². The van der Waals surface area contributed by atoms with Crippen molar-refractivity contribution in [3.63, 3.8) is 0 Å². The molecule has 7 nitrogen and oxygen atoms in total. The Morgan fingerprint density at radius 1 is 1.23 bits per heavy atom. The number of hydrogen-bond donors (Lipinski definition) is 1. The number of carboxylic acid groups (broad SMARTS) is 1. The fourth-order valence-electron chi connectivity index (χ4n) is 2.54. The van der Waals surface area contributed by atoms with Gasteiger partial charge in [0.15, 0.2) is 22.8 Å². The normalized spacial score (nSPS) is 17.5. The molecule has 2 aromatic rings. The van der Waals surface area contributed by atoms with Gasteiger partial charge in [0.1, 0.15) is 5.82 Å². The lowest BCUT2D eigenvalue weighted by Gasteiger charge is -2.14. The van der Waals surface area contributed by atoms with E-state index in [0.29, 0.717) is 27.1 Å². The summed E-state index contributed by atoms with van der Waals surface area (Å²) in [6, 6.07) is 10.6. The van der Waals surface area contributed by atoms with Crippen LogP contribution in [0.15, 0.2) is 52.4 Å². The van der Waals surface area contributed by atoms with Crippen LogP contribution in [0.25, 0.3) is 6.08 Å². The Kier molecular flexibility index (Phi) is 6.41. The second kappa shape index (κ2) is 9.00. The number of carboxylic acids is 1. The van der Waals surface area contributed by atoms with Gasteiger partial charge in [-0.05, 0) is 66.7 Å². The monoisotopic (exact) mass is 430 g/mol. The van der Waals surface area contributed by atoms with Crippen molar-refractivity contribution in [3.05, 3.63) is 58.8 Å². The summed E-state index contributed by atoms with van der Waals surface area (Å²) in [4.78, 5) is 29.8. The van der Waals surface area contributed by atoms with Crippen molar-refractivity contribution < 1.29 is 28.6 Å². The molecule has 0 saturated carbocycles. The lowest BCUT2D eigenvalue weighted by atomic mass is 10.2. The maximum absolute atomic E-state index is 13.1. The number of hydrogen-bond acceptors (Lipinski definition) is 6. The topological polar surface area (TPSA) is 88.4 Å². The van der Waals surface area contributed by atoms with Gasteiger partial charge in [-0.25, -0.2) is 14.2 Å². The molecule has 0 radical (unpaired) electrons. The number of carbonyl (C=O) groups excluding carboxylic acids is 1. The van der Waals surface area contributed by atoms with Crippen molar-refractivity contribution in [2.75, 3.05) is 14.2 Å². The molecule has 1 aliphatic rings. The van der Waals surface area contributed by atoms with E-state index in [1.807, 2.05) is 0 Å². The Morgan fingerprint density at radius 2 is 1.93 bits per heavy atom. The number of aliphatic imine (C=N–C) groups is 1. The van der Waals surface area contributed by atoms with E-state index in [-0.39, 0.29) is 17.5 Å². The van der Waals surface area contributed by atoms with Crippen molar-refractivity contribution in [1.29, 1.82) is 0 Å². The molecule has 1 N–H and O–H groups in total. The highest BCUT2D eigenvalue weighted by atomic mass is 32.2. The van der Waals surface area contributed by atoms with E-state index in [0.717, 1.165) is 0 Å². The zero-order valence-electron chi connectivity index (χ0n) is 16.5. The number of carbonyl (C=O) groups is 2. The number of methoxy groups -OCH3 is 1. The van der Waals surface area contributed by atoms with Gasteiger partial charge in [0.2, 0.25) is 0 Å². The second-order valence-corrected chi connectivity index (χ2v) is 7.36. The summed E-state index contributed by atoms with van der Waals surface area (Å²) >= 11 is 1.20. The second-order valence-electron chi connectivity index (χ2n) is 6.35. The minimum absolute atomic E-state index is 0.223. The van der Waals surface area contributed by atoms with E-state index in [1.165, 1.54) is 55.0 Å². The number of benzene rings is 2. The minimum Gasteiger partial charge on any atom is -0.493 e. The van der Waals surface area contributed by atoms with Crippen LogP contribution in [0.4, 0.5) is 10.1 Å². The first-order valence-corrected chi connectivity index (χ1v) is 9.69. The SMILES string of the molecule is COc1cc(/C=C2\SC(=Nc3ccc(F)cc3)N(C)C2=O)ccc1OC(C)C(=O)O. The number of amidine groups is 1. The number of aliphatic carboxylic acids is 1. The Balaban J connectivity index is 1.84. The summed E-state index contributed by atoms with van der Waals surface area (Å²) in [5.41, 5.74) is 1.21. The molecule has 30 heavy (non-hydrogen) atoms. The molecule has 3 rings (SSSR count). The fraction of sp³-hybridized carbons (Fsp3) is 0.190. The molecule has 1 amide bonds. The predicted molar refractivity (Wildman–Crippen MR) is 113 cm³/mol. The van der Waals surface area contributed by atoms with E-state index in [1.54, 1.807) is 31.3 Å². The third-order valence-electron chi connectivity index (χ3n) is 4.19. The minimum atomic E-state index is -1.09. The molecule has 0 spiro atoms. The van der Waals surface area contributed by atoms with Crippen LogP contribution < -0.4 is 9.47 Å². The van der Waals surface area contributed by atoms with E-state index in [2.05, 4.69) is 4.99 Å². The van der Waals surface area contributed by atoms with Gasteiger partial charge >= 0.3 is 5.97 Å². The Hall–Kier alpha value is -3.33. The maximum atomic E-state index is 13.1. The molecule has 2 aromatic carbocycles. The molecule has 1 saturated heterocycles. The van der Waals surface area contributed by atoms with Crippen molar-refractivity contribution in [3.8, 4) is 11.5 Å². The average Bonchev–Trinajstić information content (AvgIpc) is 2.98. The lowest BCUT2D eigenvalue weighted by Crippen LogP contribution is -2.23. The smallest absolute Gasteiger partial charge is 0.344 e. The van der Waals surface area contributed by atoms with Crippen LogP contribution in [0, 0.1) is 5.82 Å². The third kappa shape index (κ3) is 4.80. The van der Waals surface area contributed by atoms with E-state index in [9.17, 15) is 14.0 Å². The van der Waals surface area contributed by atoms with Gasteiger partial charge in [0, 0.05) is 7.05 Å². The van der Waals surface area contributed by atoms with Crippen LogP contribution in [-0.2, 0) is 9.59 Å². The van der Waals surface area contributed by atoms with Crippen molar-refractivity contribution >= 4 is 40.6 Å². The van der Waals surface area contributed by atoms with Gasteiger partial charge in [-0.3, -0.25) is 9.69 Å². The number of amides is 1. The highest BCUT2D eigenvalue weighted by molar-refractivity contribution is 8.18. The summed E-state index contributed by atoms with van der Waals surface area (Å²) in [6.45, 7) is 1.42. The summed E-state index contributed by atoms with van der Waals surface area (Å²) in [5.74, 6) is -1.04. The van der Waals surface area contributed by atoms with Gasteiger partial charge in [0.05, 0.1) is 17.7 Å². The number of rotatable bonds is 6. The predicted octanol–water partition coefficient (Wildman–Crippen LogP) is 3.92. The summed E-state index contributed by atoms with van der Waals surface area (Å²) in [7, 11) is 3.06. The summed E-state index contributed by atoms with van der Waals surface area (Å²) < 4.78 is 23.7. The number of ether oxygens (including phenoxy) is 2. The van der Waals surface area contributed by atoms with Gasteiger partial charge < -0.3 is 14.6 Å². The molecule has 1 aliphatic heterocycles. The van der Waals surface area contributed by atoms with Crippen molar-refractivity contribution in [1.82, 2.24) is 4.90 Å². The Bertz CT molecular complexity index is 1040. The number of nitrogens with zero attached hydrogens (tertiary/aromatic N) is 2. The Morgan fingerprint density at radius 3 is 2.57 bits per heavy atom. The first kappa shape index (κ1) is 21.4. The van der Waals surface area contributed by atoms with Gasteiger partial charge in [-0.15, -0.1) is 0 Å². The highest BCUT2D eigenvalue weighted by Crippen LogP contribution is 2.35. The number of halogens is 1. The van der Waals surface area contributed by atoms with E-state index >= 15 is 0 Å². The molecule has 156 valence electrons. The number of thioether (sulfide) groups is 1. The third-order valence-corrected chi connectivity index (χ3v) is 5.25. The maximum Gasteiger partial charge on any atom is 0.344 e. The van der Waals surface area contributed by atoms with E-state index < -0.39 is 12.1 Å². The number of likely N-dealkylation sites (N-methyl/N-ethyl adjacent to an activating group) is 1. The van der Waals surface area contributed by atoms with Crippen molar-refractivity contribution in [2.45, 2.75) is 13.0 Å². The van der Waals surface area contributed by atoms with Crippen LogP contribution in [0.2, 0.25) is 0 Å². The molecular weight excluding hydrogens is 411 g/mol. The first-order valence-electron chi connectivity index (χ1n) is 8.88. The molecule has 1 atom stereocenters. The zero-order chi connectivity index (χ0) is 21.8. The summed E-state index contributed by atoms with van der Waals surface area (Å²) in [5, 5.41) is 9.47.